The van der Waals surface area contributed by atoms with E-state index >= 15 is 0 Å². The Morgan fingerprint density at radius 2 is 1.85 bits per heavy atom. The van der Waals surface area contributed by atoms with Gasteiger partial charge < -0.3 is 9.55 Å². The predicted octanol–water partition coefficient (Wildman–Crippen LogP) is 4.23. The van der Waals surface area contributed by atoms with Crippen LogP contribution in [0, 0.1) is 0 Å². The lowest BCUT2D eigenvalue weighted by atomic mass is 10.2. The first-order valence-corrected chi connectivity index (χ1v) is 9.60. The van der Waals surface area contributed by atoms with E-state index in [9.17, 15) is 4.79 Å². The number of thioether (sulfide) groups is 1. The van der Waals surface area contributed by atoms with Gasteiger partial charge in [0.1, 0.15) is 5.82 Å². The molecule has 0 aliphatic rings. The molecular weight excluding hydrogens is 382 g/mol. The van der Waals surface area contributed by atoms with Gasteiger partial charge in [-0.15, -0.1) is 10.2 Å². The number of nitrogens with zero attached hydrogens (tertiary/aromatic N) is 4. The van der Waals surface area contributed by atoms with E-state index < -0.39 is 0 Å². The fraction of sp³-hybridized carbons (Fsp3) is 0.158. The number of rotatable bonds is 4. The van der Waals surface area contributed by atoms with Gasteiger partial charge >= 0.3 is 0 Å². The maximum absolute atomic E-state index is 12.3. The number of nitrogens with one attached hydrogen (secondary N) is 1. The van der Waals surface area contributed by atoms with Gasteiger partial charge in [0.2, 0.25) is 0 Å². The molecule has 8 heteroatoms. The highest BCUT2D eigenvalue weighted by atomic mass is 35.5. The zero-order valence-electron chi connectivity index (χ0n) is 14.7. The Labute approximate surface area is 164 Å². The number of H-pyrrole nitrogens is 1. The minimum Gasteiger partial charge on any atom is -0.309 e. The smallest absolute Gasteiger partial charge is 0.258 e. The summed E-state index contributed by atoms with van der Waals surface area (Å²) in [6.45, 7) is 1.97. The van der Waals surface area contributed by atoms with Gasteiger partial charge in [-0.25, -0.2) is 4.98 Å². The fourth-order valence-electron chi connectivity index (χ4n) is 2.81. The van der Waals surface area contributed by atoms with E-state index in [4.69, 9.17) is 11.6 Å². The monoisotopic (exact) mass is 397 g/mol. The Hall–Kier alpha value is -2.64. The second-order valence-electron chi connectivity index (χ2n) is 6.07. The molecule has 0 aliphatic heterocycles. The predicted molar refractivity (Wildman–Crippen MR) is 108 cm³/mol. The number of aromatic amines is 1. The molecule has 2 aromatic carbocycles. The highest BCUT2D eigenvalue weighted by Gasteiger charge is 2.18. The zero-order chi connectivity index (χ0) is 19.0. The van der Waals surface area contributed by atoms with Crippen molar-refractivity contribution in [2.45, 2.75) is 17.3 Å². The van der Waals surface area contributed by atoms with Gasteiger partial charge in [0.05, 0.1) is 21.2 Å². The summed E-state index contributed by atoms with van der Waals surface area (Å²) in [6, 6.07) is 14.8. The number of fused-ring (bicyclic) bond motifs is 1. The van der Waals surface area contributed by atoms with E-state index in [1.54, 1.807) is 6.07 Å². The van der Waals surface area contributed by atoms with E-state index in [0.717, 1.165) is 5.56 Å². The summed E-state index contributed by atoms with van der Waals surface area (Å²) >= 11 is 7.75. The molecule has 27 heavy (non-hydrogen) atoms. The maximum atomic E-state index is 12.3. The number of aromatic nitrogens is 5. The van der Waals surface area contributed by atoms with Crippen LogP contribution in [0.3, 0.4) is 0 Å². The van der Waals surface area contributed by atoms with Crippen molar-refractivity contribution in [1.82, 2.24) is 24.7 Å². The molecule has 0 saturated heterocycles. The lowest BCUT2D eigenvalue weighted by Crippen LogP contribution is -2.13. The normalized spacial score (nSPS) is 12.4. The van der Waals surface area contributed by atoms with Crippen molar-refractivity contribution in [1.29, 1.82) is 0 Å². The van der Waals surface area contributed by atoms with Crippen LogP contribution in [0.2, 0.25) is 5.02 Å². The Morgan fingerprint density at radius 1 is 1.11 bits per heavy atom. The SMILES string of the molecule is C[C@@H](Sc1nnc(-c2ccccc2Cl)n1C)c1nc2ccccc2c(=O)[nH]1. The Morgan fingerprint density at radius 3 is 2.67 bits per heavy atom. The van der Waals surface area contributed by atoms with Gasteiger partial charge in [0.15, 0.2) is 11.0 Å². The van der Waals surface area contributed by atoms with Crippen molar-refractivity contribution < 1.29 is 0 Å². The summed E-state index contributed by atoms with van der Waals surface area (Å²) in [4.78, 5) is 19.8. The van der Waals surface area contributed by atoms with Crippen LogP contribution in [0.1, 0.15) is 18.0 Å². The van der Waals surface area contributed by atoms with Crippen LogP contribution in [-0.2, 0) is 7.05 Å². The third kappa shape index (κ3) is 3.36. The zero-order valence-corrected chi connectivity index (χ0v) is 16.3. The summed E-state index contributed by atoms with van der Waals surface area (Å²) in [5.74, 6) is 1.29. The van der Waals surface area contributed by atoms with Crippen LogP contribution >= 0.6 is 23.4 Å². The summed E-state index contributed by atoms with van der Waals surface area (Å²) in [7, 11) is 1.89. The molecule has 4 rings (SSSR count). The van der Waals surface area contributed by atoms with Gasteiger partial charge in [-0.1, -0.05) is 47.6 Å². The molecule has 0 spiro atoms. The summed E-state index contributed by atoms with van der Waals surface area (Å²) in [5, 5.41) is 10.4. The number of hydrogen-bond donors (Lipinski definition) is 1. The number of para-hydroxylation sites is 1. The lowest BCUT2D eigenvalue weighted by molar-refractivity contribution is 0.786. The minimum atomic E-state index is -0.141. The van der Waals surface area contributed by atoms with E-state index in [-0.39, 0.29) is 10.8 Å². The largest absolute Gasteiger partial charge is 0.309 e. The third-order valence-corrected chi connectivity index (χ3v) is 5.72. The molecule has 1 N–H and O–H groups in total. The summed E-state index contributed by atoms with van der Waals surface area (Å²) in [6.07, 6.45) is 0. The van der Waals surface area contributed by atoms with Crippen LogP contribution in [-0.4, -0.2) is 24.7 Å². The fourth-order valence-corrected chi connectivity index (χ4v) is 3.90. The second kappa shape index (κ2) is 7.17. The first-order valence-electron chi connectivity index (χ1n) is 8.34. The Balaban J connectivity index is 1.65. The number of benzene rings is 2. The molecule has 6 nitrogen and oxygen atoms in total. The quantitative estimate of drug-likeness (QED) is 0.521. The van der Waals surface area contributed by atoms with Crippen LogP contribution in [0.15, 0.2) is 58.5 Å². The molecule has 0 radical (unpaired) electrons. The molecule has 0 bridgehead atoms. The van der Waals surface area contributed by atoms with Crippen molar-refractivity contribution >= 4 is 34.3 Å². The van der Waals surface area contributed by atoms with Crippen LogP contribution in [0.25, 0.3) is 22.3 Å². The van der Waals surface area contributed by atoms with Gasteiger partial charge in [-0.2, -0.15) is 0 Å². The van der Waals surface area contributed by atoms with Crippen molar-refractivity contribution in [3.8, 4) is 11.4 Å². The lowest BCUT2D eigenvalue weighted by Gasteiger charge is -2.11. The average molecular weight is 398 g/mol. The summed E-state index contributed by atoms with van der Waals surface area (Å²) in [5.41, 5.74) is 1.36. The van der Waals surface area contributed by atoms with Crippen molar-refractivity contribution in [3.63, 3.8) is 0 Å². The molecule has 0 unspecified atom stereocenters. The number of halogens is 1. The van der Waals surface area contributed by atoms with Gasteiger partial charge in [-0.05, 0) is 31.2 Å². The maximum Gasteiger partial charge on any atom is 0.258 e. The number of hydrogen-bond acceptors (Lipinski definition) is 5. The topological polar surface area (TPSA) is 76.5 Å². The van der Waals surface area contributed by atoms with Crippen LogP contribution in [0.5, 0.6) is 0 Å². The van der Waals surface area contributed by atoms with Crippen molar-refractivity contribution in [2.24, 2.45) is 7.05 Å². The van der Waals surface area contributed by atoms with Crippen LogP contribution < -0.4 is 5.56 Å². The first-order chi connectivity index (χ1) is 13.0. The van der Waals surface area contributed by atoms with Gasteiger partial charge in [0, 0.05) is 12.6 Å². The molecule has 2 aromatic heterocycles. The molecule has 0 saturated carbocycles. The van der Waals surface area contributed by atoms with E-state index in [2.05, 4.69) is 20.2 Å². The van der Waals surface area contributed by atoms with Crippen LogP contribution in [0.4, 0.5) is 0 Å². The van der Waals surface area contributed by atoms with Crippen molar-refractivity contribution in [3.05, 3.63) is 69.7 Å². The summed E-state index contributed by atoms with van der Waals surface area (Å²) < 4.78 is 1.89. The average Bonchev–Trinajstić information content (AvgIpc) is 3.02. The van der Waals surface area contributed by atoms with E-state index in [1.807, 2.05) is 61.0 Å². The molecule has 136 valence electrons. The molecule has 0 aliphatic carbocycles. The molecular formula is C19H16ClN5OS. The Kier molecular flexibility index (Phi) is 4.72. The van der Waals surface area contributed by atoms with E-state index in [0.29, 0.717) is 32.7 Å². The highest BCUT2D eigenvalue weighted by molar-refractivity contribution is 7.99. The molecule has 4 aromatic rings. The second-order valence-corrected chi connectivity index (χ2v) is 7.79. The highest BCUT2D eigenvalue weighted by Crippen LogP contribution is 2.34. The van der Waals surface area contributed by atoms with Gasteiger partial charge in [0.25, 0.3) is 5.56 Å². The van der Waals surface area contributed by atoms with Gasteiger partial charge in [-0.3, -0.25) is 4.79 Å². The standard InChI is InChI=1S/C19H16ClN5OS/c1-11(16-21-15-10-6-4-8-13(15)18(26)22-16)27-19-24-23-17(25(19)2)12-7-3-5-9-14(12)20/h3-11H,1-2H3,(H,21,22,26)/t11-/m1/s1. The third-order valence-electron chi connectivity index (χ3n) is 4.25. The molecule has 0 amide bonds. The molecule has 0 fully saturated rings. The van der Waals surface area contributed by atoms with E-state index in [1.165, 1.54) is 11.8 Å². The molecule has 2 heterocycles. The Bertz CT molecular complexity index is 1190. The first kappa shape index (κ1) is 17.8. The molecule has 1 atom stereocenters. The van der Waals surface area contributed by atoms with Crippen molar-refractivity contribution in [2.75, 3.05) is 0 Å². The minimum absolute atomic E-state index is 0.107.